The van der Waals surface area contributed by atoms with Gasteiger partial charge in [-0.2, -0.15) is 0 Å². The number of aromatic nitrogens is 2. The molecular weight excluding hydrogens is 457 g/mol. The van der Waals surface area contributed by atoms with Crippen molar-refractivity contribution in [2.75, 3.05) is 7.11 Å². The molecule has 5 rings (SSSR count). The Morgan fingerprint density at radius 1 is 1.06 bits per heavy atom. The van der Waals surface area contributed by atoms with Crippen LogP contribution in [-0.4, -0.2) is 28.1 Å². The molecule has 1 unspecified atom stereocenters. The van der Waals surface area contributed by atoms with E-state index in [1.807, 2.05) is 73.8 Å². The number of halogens is 1. The van der Waals surface area contributed by atoms with Crippen molar-refractivity contribution in [2.24, 2.45) is 0 Å². The number of benzene rings is 3. The van der Waals surface area contributed by atoms with Crippen molar-refractivity contribution in [3.05, 3.63) is 113 Å². The van der Waals surface area contributed by atoms with Crippen LogP contribution in [0.1, 0.15) is 28.6 Å². The summed E-state index contributed by atoms with van der Waals surface area (Å²) in [7, 11) is 1.52. The number of hydrogen-bond acceptors (Lipinski definition) is 4. The van der Waals surface area contributed by atoms with Crippen LogP contribution in [0.2, 0.25) is 0 Å². The molecule has 0 saturated heterocycles. The number of carbonyl (C=O) groups is 1. The van der Waals surface area contributed by atoms with Gasteiger partial charge in [0.15, 0.2) is 6.10 Å². The summed E-state index contributed by atoms with van der Waals surface area (Å²) in [6.45, 7) is 2.32. The number of H-pyrrole nitrogens is 1. The highest BCUT2D eigenvalue weighted by molar-refractivity contribution is 5.86. The quantitative estimate of drug-likeness (QED) is 0.286. The van der Waals surface area contributed by atoms with Crippen molar-refractivity contribution < 1.29 is 18.4 Å². The van der Waals surface area contributed by atoms with Crippen LogP contribution in [0.3, 0.4) is 0 Å². The Balaban J connectivity index is 1.55. The summed E-state index contributed by atoms with van der Waals surface area (Å²) < 4.78 is 25.3. The molecule has 3 aromatic carbocycles. The van der Waals surface area contributed by atoms with Crippen molar-refractivity contribution in [2.45, 2.75) is 26.1 Å². The van der Waals surface area contributed by atoms with E-state index in [4.69, 9.17) is 9.26 Å². The predicted molar refractivity (Wildman–Crippen MR) is 135 cm³/mol. The number of carbonyl (C=O) groups excluding carboxylic acids is 1. The molecule has 7 heteroatoms. The highest BCUT2D eigenvalue weighted by Gasteiger charge is 2.29. The molecule has 0 aliphatic heterocycles. The van der Waals surface area contributed by atoms with Crippen LogP contribution < -0.4 is 0 Å². The Hall–Kier alpha value is -4.23. The second-order valence-electron chi connectivity index (χ2n) is 8.66. The molecule has 36 heavy (non-hydrogen) atoms. The van der Waals surface area contributed by atoms with Gasteiger partial charge in [-0.05, 0) is 36.2 Å². The summed E-state index contributed by atoms with van der Waals surface area (Å²) in [4.78, 5) is 18.8. The maximum absolute atomic E-state index is 14.1. The molecule has 0 spiro atoms. The standard InChI is InChI=1S/C29H26FN3O3/c1-19-25(27(32-36-19)20-9-5-3-6-10-20)18-33(29(34)28(35-2)21-11-7-4-8-12-21)17-22-16-31-26-14-13-23(30)15-24(22)26/h3-16,28,31H,17-18H2,1-2H3. The lowest BCUT2D eigenvalue weighted by atomic mass is 10.0. The van der Waals surface area contributed by atoms with Gasteiger partial charge in [0, 0.05) is 41.9 Å². The van der Waals surface area contributed by atoms with Gasteiger partial charge in [-0.1, -0.05) is 65.8 Å². The normalized spacial score (nSPS) is 12.1. The number of rotatable bonds is 8. The molecule has 2 heterocycles. The number of amides is 1. The number of nitrogens with zero attached hydrogens (tertiary/aromatic N) is 2. The van der Waals surface area contributed by atoms with E-state index in [1.54, 1.807) is 11.0 Å². The Morgan fingerprint density at radius 3 is 2.50 bits per heavy atom. The van der Waals surface area contributed by atoms with Gasteiger partial charge in [-0.15, -0.1) is 0 Å². The molecule has 2 aromatic heterocycles. The average Bonchev–Trinajstić information content (AvgIpc) is 3.47. The molecule has 5 aromatic rings. The third-order valence-corrected chi connectivity index (χ3v) is 6.35. The van der Waals surface area contributed by atoms with Crippen LogP contribution >= 0.6 is 0 Å². The molecule has 1 N–H and O–H groups in total. The summed E-state index contributed by atoms with van der Waals surface area (Å²) in [5.74, 6) is 0.0842. The third-order valence-electron chi connectivity index (χ3n) is 6.35. The summed E-state index contributed by atoms with van der Waals surface area (Å²) in [5, 5.41) is 5.01. The molecular formula is C29H26FN3O3. The minimum atomic E-state index is -0.798. The minimum Gasteiger partial charge on any atom is -0.367 e. The van der Waals surface area contributed by atoms with E-state index in [-0.39, 0.29) is 24.8 Å². The maximum atomic E-state index is 14.1. The van der Waals surface area contributed by atoms with Crippen LogP contribution in [0.15, 0.2) is 89.6 Å². The van der Waals surface area contributed by atoms with Crippen LogP contribution in [0.5, 0.6) is 0 Å². The topological polar surface area (TPSA) is 71.4 Å². The Labute approximate surface area is 208 Å². The fourth-order valence-electron chi connectivity index (χ4n) is 4.46. The number of aromatic amines is 1. The first kappa shape index (κ1) is 23.5. The largest absolute Gasteiger partial charge is 0.367 e. The number of methoxy groups -OCH3 is 1. The number of hydrogen-bond donors (Lipinski definition) is 1. The van der Waals surface area contributed by atoms with Crippen LogP contribution in [0.25, 0.3) is 22.2 Å². The van der Waals surface area contributed by atoms with E-state index in [9.17, 15) is 9.18 Å². The second-order valence-corrected chi connectivity index (χ2v) is 8.66. The number of nitrogens with one attached hydrogen (secondary N) is 1. The molecule has 0 aliphatic carbocycles. The lowest BCUT2D eigenvalue weighted by Gasteiger charge is -2.27. The summed E-state index contributed by atoms with van der Waals surface area (Å²) in [6.07, 6.45) is 1.02. The van der Waals surface area contributed by atoms with Gasteiger partial charge >= 0.3 is 0 Å². The molecule has 182 valence electrons. The zero-order chi connectivity index (χ0) is 25.1. The van der Waals surface area contributed by atoms with E-state index in [0.29, 0.717) is 11.5 Å². The van der Waals surface area contributed by atoms with Crippen molar-refractivity contribution >= 4 is 16.8 Å². The molecule has 1 amide bonds. The van der Waals surface area contributed by atoms with Crippen molar-refractivity contribution in [1.29, 1.82) is 0 Å². The summed E-state index contributed by atoms with van der Waals surface area (Å²) in [5.41, 5.74) is 4.75. The van der Waals surface area contributed by atoms with Gasteiger partial charge in [0.2, 0.25) is 0 Å². The average molecular weight is 484 g/mol. The van der Waals surface area contributed by atoms with Gasteiger partial charge in [0.05, 0.1) is 6.54 Å². The number of ether oxygens (including phenoxy) is 1. The van der Waals surface area contributed by atoms with Gasteiger partial charge in [0.25, 0.3) is 5.91 Å². The monoisotopic (exact) mass is 483 g/mol. The van der Waals surface area contributed by atoms with Crippen molar-refractivity contribution in [1.82, 2.24) is 15.0 Å². The lowest BCUT2D eigenvalue weighted by Crippen LogP contribution is -2.35. The van der Waals surface area contributed by atoms with Gasteiger partial charge in [0.1, 0.15) is 17.3 Å². The smallest absolute Gasteiger partial charge is 0.256 e. The van der Waals surface area contributed by atoms with Crippen molar-refractivity contribution in [3.8, 4) is 11.3 Å². The Bertz CT molecular complexity index is 1480. The summed E-state index contributed by atoms with van der Waals surface area (Å²) in [6, 6.07) is 23.7. The third kappa shape index (κ3) is 4.65. The SMILES string of the molecule is COC(C(=O)N(Cc1c(-c2ccccc2)noc1C)Cc1c[nH]c2ccc(F)cc12)c1ccccc1. The summed E-state index contributed by atoms with van der Waals surface area (Å²) >= 11 is 0. The second kappa shape index (κ2) is 10.2. The first-order chi connectivity index (χ1) is 17.5. The fraction of sp³-hybridized carbons (Fsp3) is 0.172. The maximum Gasteiger partial charge on any atom is 0.256 e. The Morgan fingerprint density at radius 2 is 1.78 bits per heavy atom. The van der Waals surface area contributed by atoms with E-state index in [1.165, 1.54) is 19.2 Å². The number of fused-ring (bicyclic) bond motifs is 1. The van der Waals surface area contributed by atoms with Crippen LogP contribution in [-0.2, 0) is 22.6 Å². The van der Waals surface area contributed by atoms with Gasteiger partial charge in [-0.25, -0.2) is 4.39 Å². The lowest BCUT2D eigenvalue weighted by molar-refractivity contribution is -0.143. The van der Waals surface area contributed by atoms with E-state index >= 15 is 0 Å². The number of aryl methyl sites for hydroxylation is 1. The highest BCUT2D eigenvalue weighted by Crippen LogP contribution is 2.30. The van der Waals surface area contributed by atoms with Crippen LogP contribution in [0.4, 0.5) is 4.39 Å². The molecule has 1 atom stereocenters. The zero-order valence-electron chi connectivity index (χ0n) is 20.1. The van der Waals surface area contributed by atoms with Gasteiger partial charge < -0.3 is 19.1 Å². The first-order valence-corrected chi connectivity index (χ1v) is 11.7. The highest BCUT2D eigenvalue weighted by atomic mass is 19.1. The molecule has 0 saturated carbocycles. The van der Waals surface area contributed by atoms with Gasteiger partial charge in [-0.3, -0.25) is 4.79 Å². The fourth-order valence-corrected chi connectivity index (χ4v) is 4.46. The van der Waals surface area contributed by atoms with E-state index in [0.717, 1.165) is 33.2 Å². The molecule has 0 bridgehead atoms. The molecule has 0 fully saturated rings. The first-order valence-electron chi connectivity index (χ1n) is 11.7. The van der Waals surface area contributed by atoms with Crippen LogP contribution in [0, 0.1) is 12.7 Å². The molecule has 6 nitrogen and oxygen atoms in total. The van der Waals surface area contributed by atoms with E-state index < -0.39 is 6.10 Å². The minimum absolute atomic E-state index is 0.214. The molecule has 0 aliphatic rings. The zero-order valence-corrected chi connectivity index (χ0v) is 20.1. The van der Waals surface area contributed by atoms with Crippen molar-refractivity contribution in [3.63, 3.8) is 0 Å². The Kier molecular flexibility index (Phi) is 6.64. The predicted octanol–water partition coefficient (Wildman–Crippen LogP) is 6.19. The molecule has 0 radical (unpaired) electrons. The van der Waals surface area contributed by atoms with E-state index in [2.05, 4.69) is 10.1 Å².